The Bertz CT molecular complexity index is 855. The number of rotatable bonds is 1. The molecule has 0 amide bonds. The van der Waals surface area contributed by atoms with Gasteiger partial charge in [-0.05, 0) is 65.8 Å². The molecule has 112 valence electrons. The van der Waals surface area contributed by atoms with Crippen LogP contribution < -0.4 is 0 Å². The van der Waals surface area contributed by atoms with Crippen LogP contribution in [0.1, 0.15) is 43.7 Å². The lowest BCUT2D eigenvalue weighted by atomic mass is 9.73. The lowest BCUT2D eigenvalue weighted by molar-refractivity contribution is 0.0436. The summed E-state index contributed by atoms with van der Waals surface area (Å²) in [7, 11) is 0. The van der Waals surface area contributed by atoms with Gasteiger partial charge in [0.15, 0.2) is 0 Å². The maximum absolute atomic E-state index is 10.5. The van der Waals surface area contributed by atoms with E-state index in [9.17, 15) is 5.11 Å². The van der Waals surface area contributed by atoms with Gasteiger partial charge in [-0.3, -0.25) is 0 Å². The minimum absolute atomic E-state index is 0.243. The Morgan fingerprint density at radius 2 is 1.68 bits per heavy atom. The van der Waals surface area contributed by atoms with E-state index in [-0.39, 0.29) is 5.92 Å². The Hall–Kier alpha value is -1.86. The van der Waals surface area contributed by atoms with Gasteiger partial charge in [0.05, 0.1) is 5.60 Å². The van der Waals surface area contributed by atoms with Crippen LogP contribution in [-0.2, 0) is 6.42 Å². The number of fused-ring (bicyclic) bond motifs is 5. The fourth-order valence-corrected chi connectivity index (χ4v) is 4.15. The zero-order valence-electron chi connectivity index (χ0n) is 13.3. The van der Waals surface area contributed by atoms with Gasteiger partial charge in [-0.25, -0.2) is 0 Å². The molecule has 4 rings (SSSR count). The van der Waals surface area contributed by atoms with Crippen LogP contribution in [0.4, 0.5) is 0 Å². The highest BCUT2D eigenvalue weighted by molar-refractivity contribution is 6.08. The minimum atomic E-state index is -0.653. The number of hydrogen-bond acceptors (Lipinski definition) is 1. The summed E-state index contributed by atoms with van der Waals surface area (Å²) in [6, 6.07) is 17.6. The van der Waals surface area contributed by atoms with Crippen molar-refractivity contribution in [3.8, 4) is 0 Å². The molecule has 3 aromatic carbocycles. The summed E-state index contributed by atoms with van der Waals surface area (Å²) in [4.78, 5) is 0. The average molecular weight is 290 g/mol. The molecule has 0 spiro atoms. The number of aliphatic hydroxyl groups is 1. The summed E-state index contributed by atoms with van der Waals surface area (Å²) >= 11 is 0. The van der Waals surface area contributed by atoms with Gasteiger partial charge >= 0.3 is 0 Å². The van der Waals surface area contributed by atoms with Gasteiger partial charge in [0.1, 0.15) is 0 Å². The van der Waals surface area contributed by atoms with Crippen LogP contribution in [-0.4, -0.2) is 10.7 Å². The van der Waals surface area contributed by atoms with Gasteiger partial charge < -0.3 is 5.11 Å². The normalized spacial score (nSPS) is 18.6. The molecule has 0 heterocycles. The maximum atomic E-state index is 10.5. The van der Waals surface area contributed by atoms with Crippen LogP contribution in [0.3, 0.4) is 0 Å². The van der Waals surface area contributed by atoms with E-state index in [4.69, 9.17) is 0 Å². The molecule has 1 atom stereocenters. The first kappa shape index (κ1) is 13.8. The standard InChI is InChI=1S/C21H22O/c1-21(2,22)20-9-5-8-16-18-11-10-14-6-3-4-7-15(14)17(18)12-13-19(16)20/h3-4,6-7,10-13,20,22H,5,8-9H2,1-2H3. The Morgan fingerprint density at radius 1 is 0.909 bits per heavy atom. The van der Waals surface area contributed by atoms with Crippen LogP contribution in [0.25, 0.3) is 21.5 Å². The zero-order chi connectivity index (χ0) is 15.3. The van der Waals surface area contributed by atoms with Crippen LogP contribution in [0, 0.1) is 0 Å². The molecule has 0 saturated heterocycles. The summed E-state index contributed by atoms with van der Waals surface area (Å²) < 4.78 is 0. The van der Waals surface area contributed by atoms with E-state index in [1.165, 1.54) is 32.7 Å². The number of benzene rings is 3. The third-order valence-electron chi connectivity index (χ3n) is 5.22. The van der Waals surface area contributed by atoms with Crippen molar-refractivity contribution in [3.05, 3.63) is 59.7 Å². The van der Waals surface area contributed by atoms with E-state index in [0.717, 1.165) is 19.3 Å². The molecule has 0 aliphatic heterocycles. The zero-order valence-corrected chi connectivity index (χ0v) is 13.3. The van der Waals surface area contributed by atoms with Crippen LogP contribution in [0.5, 0.6) is 0 Å². The summed E-state index contributed by atoms with van der Waals surface area (Å²) in [5, 5.41) is 15.9. The molecule has 0 aromatic heterocycles. The second kappa shape index (κ2) is 4.82. The lowest BCUT2D eigenvalue weighted by Crippen LogP contribution is -2.31. The monoisotopic (exact) mass is 290 g/mol. The molecule has 0 radical (unpaired) electrons. The molecular weight excluding hydrogens is 268 g/mol. The molecule has 1 aliphatic carbocycles. The molecular formula is C21H22O. The summed E-state index contributed by atoms with van der Waals surface area (Å²) in [5.41, 5.74) is 2.14. The SMILES string of the molecule is CC(C)(O)C1CCCc2c1ccc1c2ccc2ccccc21. The predicted octanol–water partition coefficient (Wildman–Crippen LogP) is 5.18. The predicted molar refractivity (Wildman–Crippen MR) is 93.4 cm³/mol. The van der Waals surface area contributed by atoms with E-state index in [0.29, 0.717) is 0 Å². The fourth-order valence-electron chi connectivity index (χ4n) is 4.15. The first-order chi connectivity index (χ1) is 10.6. The van der Waals surface area contributed by atoms with Crippen molar-refractivity contribution in [1.82, 2.24) is 0 Å². The van der Waals surface area contributed by atoms with Gasteiger partial charge in [0, 0.05) is 5.92 Å². The second-order valence-electron chi connectivity index (χ2n) is 7.11. The van der Waals surface area contributed by atoms with Gasteiger partial charge in [0.2, 0.25) is 0 Å². The topological polar surface area (TPSA) is 20.2 Å². The minimum Gasteiger partial charge on any atom is -0.390 e. The first-order valence-corrected chi connectivity index (χ1v) is 8.21. The summed E-state index contributed by atoms with van der Waals surface area (Å²) in [5.74, 6) is 0.243. The summed E-state index contributed by atoms with van der Waals surface area (Å²) in [6.07, 6.45) is 3.36. The highest BCUT2D eigenvalue weighted by Gasteiger charge is 2.32. The third kappa shape index (κ3) is 2.04. The molecule has 0 fully saturated rings. The fraction of sp³-hybridized carbons (Fsp3) is 0.333. The van der Waals surface area contributed by atoms with E-state index in [1.807, 2.05) is 13.8 Å². The molecule has 22 heavy (non-hydrogen) atoms. The molecule has 1 N–H and O–H groups in total. The third-order valence-corrected chi connectivity index (χ3v) is 5.22. The van der Waals surface area contributed by atoms with Crippen molar-refractivity contribution >= 4 is 21.5 Å². The lowest BCUT2D eigenvalue weighted by Gasteiger charge is -2.35. The van der Waals surface area contributed by atoms with Gasteiger partial charge in [-0.2, -0.15) is 0 Å². The largest absolute Gasteiger partial charge is 0.390 e. The van der Waals surface area contributed by atoms with Crippen molar-refractivity contribution in [3.63, 3.8) is 0 Å². The van der Waals surface area contributed by atoms with Crippen molar-refractivity contribution in [2.24, 2.45) is 0 Å². The molecule has 3 aromatic rings. The van der Waals surface area contributed by atoms with Crippen molar-refractivity contribution in [1.29, 1.82) is 0 Å². The molecule has 1 aliphatic rings. The molecule has 1 heteroatoms. The molecule has 1 nitrogen and oxygen atoms in total. The Balaban J connectivity index is 2.02. The number of hydrogen-bond donors (Lipinski definition) is 1. The Morgan fingerprint density at radius 3 is 2.50 bits per heavy atom. The highest BCUT2D eigenvalue weighted by atomic mass is 16.3. The molecule has 0 saturated carbocycles. The van der Waals surface area contributed by atoms with E-state index >= 15 is 0 Å². The van der Waals surface area contributed by atoms with Crippen LogP contribution in [0.15, 0.2) is 48.5 Å². The van der Waals surface area contributed by atoms with Crippen molar-refractivity contribution in [2.75, 3.05) is 0 Å². The van der Waals surface area contributed by atoms with Crippen molar-refractivity contribution in [2.45, 2.75) is 44.6 Å². The number of aryl methyl sites for hydroxylation is 1. The highest BCUT2D eigenvalue weighted by Crippen LogP contribution is 2.42. The van der Waals surface area contributed by atoms with Crippen molar-refractivity contribution < 1.29 is 5.11 Å². The molecule has 0 bridgehead atoms. The van der Waals surface area contributed by atoms with Crippen LogP contribution >= 0.6 is 0 Å². The second-order valence-corrected chi connectivity index (χ2v) is 7.11. The van der Waals surface area contributed by atoms with Gasteiger partial charge in [0.25, 0.3) is 0 Å². The quantitative estimate of drug-likeness (QED) is 0.612. The summed E-state index contributed by atoms with van der Waals surface area (Å²) in [6.45, 7) is 3.88. The van der Waals surface area contributed by atoms with Crippen LogP contribution in [0.2, 0.25) is 0 Å². The maximum Gasteiger partial charge on any atom is 0.0660 e. The van der Waals surface area contributed by atoms with E-state index in [2.05, 4.69) is 48.5 Å². The first-order valence-electron chi connectivity index (χ1n) is 8.21. The van der Waals surface area contributed by atoms with Gasteiger partial charge in [-0.15, -0.1) is 0 Å². The average Bonchev–Trinajstić information content (AvgIpc) is 2.52. The Labute approximate surface area is 131 Å². The van der Waals surface area contributed by atoms with Gasteiger partial charge in [-0.1, -0.05) is 48.5 Å². The van der Waals surface area contributed by atoms with E-state index in [1.54, 1.807) is 0 Å². The molecule has 1 unspecified atom stereocenters. The van der Waals surface area contributed by atoms with E-state index < -0.39 is 5.60 Å². The Kier molecular flexibility index (Phi) is 3.02. The smallest absolute Gasteiger partial charge is 0.0660 e.